The minimum Gasteiger partial charge on any atom is -0.352 e. The quantitative estimate of drug-likeness (QED) is 0.830. The van der Waals surface area contributed by atoms with Gasteiger partial charge in [0.2, 0.25) is 5.91 Å². The van der Waals surface area contributed by atoms with Crippen LogP contribution >= 0.6 is 0 Å². The van der Waals surface area contributed by atoms with Crippen LogP contribution in [-0.4, -0.2) is 24.5 Å². The van der Waals surface area contributed by atoms with Gasteiger partial charge in [-0.15, -0.1) is 0 Å². The van der Waals surface area contributed by atoms with Crippen molar-refractivity contribution in [3.8, 4) is 0 Å². The van der Waals surface area contributed by atoms with Gasteiger partial charge in [-0.05, 0) is 89.5 Å². The van der Waals surface area contributed by atoms with Gasteiger partial charge in [0.25, 0.3) is 0 Å². The first-order valence-corrected chi connectivity index (χ1v) is 8.34. The van der Waals surface area contributed by atoms with E-state index in [0.29, 0.717) is 11.5 Å². The molecule has 114 valence electrons. The van der Waals surface area contributed by atoms with Gasteiger partial charge in [-0.3, -0.25) is 4.79 Å². The maximum absolute atomic E-state index is 12.4. The van der Waals surface area contributed by atoms with E-state index in [4.69, 9.17) is 0 Å². The molecule has 4 fully saturated rings. The molecule has 0 heterocycles. The van der Waals surface area contributed by atoms with E-state index in [9.17, 15) is 4.79 Å². The topological polar surface area (TPSA) is 41.1 Å². The number of hydrogen-bond donors (Lipinski definition) is 2. The van der Waals surface area contributed by atoms with Gasteiger partial charge in [0.1, 0.15) is 0 Å². The van der Waals surface area contributed by atoms with Crippen LogP contribution in [-0.2, 0) is 4.79 Å². The minimum atomic E-state index is -0.476. The second kappa shape index (κ2) is 4.72. The summed E-state index contributed by atoms with van der Waals surface area (Å²) in [5, 5.41) is 6.43. The fourth-order valence-electron chi connectivity index (χ4n) is 5.35. The molecular weight excluding hydrogens is 248 g/mol. The Hall–Kier alpha value is -0.570. The molecule has 20 heavy (non-hydrogen) atoms. The van der Waals surface area contributed by atoms with E-state index < -0.39 is 5.54 Å². The number of hydrogen-bond acceptors (Lipinski definition) is 2. The Morgan fingerprint density at radius 3 is 1.95 bits per heavy atom. The lowest BCUT2D eigenvalue weighted by molar-refractivity contribution is -0.130. The highest BCUT2D eigenvalue weighted by Crippen LogP contribution is 2.61. The molecule has 3 heteroatoms. The number of nitrogens with one attached hydrogen (secondary N) is 2. The zero-order chi connectivity index (χ0) is 14.5. The monoisotopic (exact) mass is 278 g/mol. The Balaban J connectivity index is 1.71. The summed E-state index contributed by atoms with van der Waals surface area (Å²) in [7, 11) is 1.86. The van der Waals surface area contributed by atoms with Gasteiger partial charge >= 0.3 is 0 Å². The summed E-state index contributed by atoms with van der Waals surface area (Å²) < 4.78 is 0. The molecule has 4 aliphatic carbocycles. The Kier molecular flexibility index (Phi) is 3.39. The van der Waals surface area contributed by atoms with Gasteiger partial charge < -0.3 is 10.6 Å². The molecular formula is C17H30N2O. The third kappa shape index (κ3) is 2.28. The standard InChI is InChI=1S/C17H30N2O/c1-11(19-15(20)16(2,3)18-4)17-8-12-5-13(9-17)7-14(6-12)10-17/h11-14,18H,5-10H2,1-4H3,(H,19,20). The van der Waals surface area contributed by atoms with E-state index in [-0.39, 0.29) is 5.91 Å². The number of rotatable bonds is 4. The van der Waals surface area contributed by atoms with Crippen molar-refractivity contribution >= 4 is 5.91 Å². The summed E-state index contributed by atoms with van der Waals surface area (Å²) in [5.41, 5.74) is -0.0786. The van der Waals surface area contributed by atoms with Crippen molar-refractivity contribution < 1.29 is 4.79 Å². The summed E-state index contributed by atoms with van der Waals surface area (Å²) >= 11 is 0. The van der Waals surface area contributed by atoms with Crippen LogP contribution in [0.4, 0.5) is 0 Å². The molecule has 0 spiro atoms. The molecule has 3 nitrogen and oxygen atoms in total. The number of likely N-dealkylation sites (N-methyl/N-ethyl adjacent to an activating group) is 1. The van der Waals surface area contributed by atoms with Crippen molar-refractivity contribution in [3.05, 3.63) is 0 Å². The zero-order valence-electron chi connectivity index (χ0n) is 13.5. The Labute approximate surface area is 123 Å². The normalized spacial score (nSPS) is 40.7. The van der Waals surface area contributed by atoms with E-state index in [1.807, 2.05) is 20.9 Å². The molecule has 2 N–H and O–H groups in total. The van der Waals surface area contributed by atoms with E-state index in [1.165, 1.54) is 38.5 Å². The highest BCUT2D eigenvalue weighted by atomic mass is 16.2. The third-order valence-corrected chi connectivity index (χ3v) is 6.54. The molecule has 0 aromatic heterocycles. The molecule has 4 rings (SSSR count). The summed E-state index contributed by atoms with van der Waals surface area (Å²) in [6, 6.07) is 0.316. The molecule has 0 saturated heterocycles. The fraction of sp³-hybridized carbons (Fsp3) is 0.941. The first-order valence-electron chi connectivity index (χ1n) is 8.34. The molecule has 4 aliphatic rings. The highest BCUT2D eigenvalue weighted by molar-refractivity contribution is 5.85. The highest BCUT2D eigenvalue weighted by Gasteiger charge is 2.53. The van der Waals surface area contributed by atoms with Gasteiger partial charge in [0.15, 0.2) is 0 Å². The predicted octanol–water partition coefficient (Wildman–Crippen LogP) is 2.71. The molecule has 4 bridgehead atoms. The predicted molar refractivity (Wildman–Crippen MR) is 81.3 cm³/mol. The van der Waals surface area contributed by atoms with Crippen LogP contribution in [0.1, 0.15) is 59.3 Å². The summed E-state index contributed by atoms with van der Waals surface area (Å²) in [6.07, 6.45) is 8.42. The molecule has 4 saturated carbocycles. The second-order valence-corrected chi connectivity index (χ2v) is 8.35. The van der Waals surface area contributed by atoms with Crippen molar-refractivity contribution in [2.45, 2.75) is 70.9 Å². The molecule has 0 radical (unpaired) electrons. The molecule has 1 unspecified atom stereocenters. The van der Waals surface area contributed by atoms with Crippen LogP contribution in [0, 0.1) is 23.2 Å². The van der Waals surface area contributed by atoms with Crippen molar-refractivity contribution in [1.29, 1.82) is 0 Å². The van der Waals surface area contributed by atoms with Gasteiger partial charge in [0.05, 0.1) is 5.54 Å². The average molecular weight is 278 g/mol. The first kappa shape index (κ1) is 14.4. The van der Waals surface area contributed by atoms with E-state index in [2.05, 4.69) is 17.6 Å². The lowest BCUT2D eigenvalue weighted by Gasteiger charge is -2.59. The number of amides is 1. The lowest BCUT2D eigenvalue weighted by Crippen LogP contribution is -2.60. The van der Waals surface area contributed by atoms with Gasteiger partial charge in [0, 0.05) is 6.04 Å². The maximum Gasteiger partial charge on any atom is 0.239 e. The SMILES string of the molecule is CNC(C)(C)C(=O)NC(C)C12CC3CC(CC(C3)C1)C2. The second-order valence-electron chi connectivity index (χ2n) is 8.35. The van der Waals surface area contributed by atoms with Crippen LogP contribution in [0.3, 0.4) is 0 Å². The Morgan fingerprint density at radius 1 is 1.10 bits per heavy atom. The third-order valence-electron chi connectivity index (χ3n) is 6.54. The van der Waals surface area contributed by atoms with Crippen LogP contribution in [0.15, 0.2) is 0 Å². The van der Waals surface area contributed by atoms with Crippen LogP contribution in [0.25, 0.3) is 0 Å². The van der Waals surface area contributed by atoms with Gasteiger partial charge in [-0.2, -0.15) is 0 Å². The van der Waals surface area contributed by atoms with Crippen molar-refractivity contribution in [2.75, 3.05) is 7.05 Å². The van der Waals surface area contributed by atoms with Crippen molar-refractivity contribution in [3.63, 3.8) is 0 Å². The number of carbonyl (C=O) groups excluding carboxylic acids is 1. The Morgan fingerprint density at radius 2 is 1.55 bits per heavy atom. The average Bonchev–Trinajstić information content (AvgIpc) is 2.36. The number of carbonyl (C=O) groups is 1. The fourth-order valence-corrected chi connectivity index (χ4v) is 5.35. The van der Waals surface area contributed by atoms with Crippen molar-refractivity contribution in [2.24, 2.45) is 23.2 Å². The minimum absolute atomic E-state index is 0.142. The van der Waals surface area contributed by atoms with E-state index in [0.717, 1.165) is 17.8 Å². The summed E-state index contributed by atoms with van der Waals surface area (Å²) in [5.74, 6) is 2.97. The lowest BCUT2D eigenvalue weighted by atomic mass is 9.48. The smallest absolute Gasteiger partial charge is 0.239 e. The largest absolute Gasteiger partial charge is 0.352 e. The molecule has 0 aromatic rings. The molecule has 1 amide bonds. The van der Waals surface area contributed by atoms with E-state index in [1.54, 1.807) is 0 Å². The summed E-state index contributed by atoms with van der Waals surface area (Å²) in [4.78, 5) is 12.4. The van der Waals surface area contributed by atoms with Gasteiger partial charge in [-0.25, -0.2) is 0 Å². The van der Waals surface area contributed by atoms with Crippen LogP contribution < -0.4 is 10.6 Å². The summed E-state index contributed by atoms with van der Waals surface area (Å²) in [6.45, 7) is 6.15. The van der Waals surface area contributed by atoms with E-state index >= 15 is 0 Å². The Bertz CT molecular complexity index is 367. The molecule has 0 aromatic carbocycles. The molecule has 1 atom stereocenters. The van der Waals surface area contributed by atoms with Crippen LogP contribution in [0.5, 0.6) is 0 Å². The van der Waals surface area contributed by atoms with Crippen molar-refractivity contribution in [1.82, 2.24) is 10.6 Å². The van der Waals surface area contributed by atoms with Crippen LogP contribution in [0.2, 0.25) is 0 Å². The zero-order valence-corrected chi connectivity index (χ0v) is 13.5. The maximum atomic E-state index is 12.4. The first-order chi connectivity index (χ1) is 9.34. The molecule has 0 aliphatic heterocycles. The van der Waals surface area contributed by atoms with Gasteiger partial charge in [-0.1, -0.05) is 0 Å².